The fraction of sp³-hybridized carbons (Fsp3) is 0.857. The molecular formula is C14H21FN2O4. The van der Waals surface area contributed by atoms with Gasteiger partial charge in [-0.3, -0.25) is 9.59 Å². The van der Waals surface area contributed by atoms with Gasteiger partial charge >= 0.3 is 0 Å². The summed E-state index contributed by atoms with van der Waals surface area (Å²) in [6.45, 7) is 1.65. The van der Waals surface area contributed by atoms with Gasteiger partial charge in [-0.2, -0.15) is 0 Å². The van der Waals surface area contributed by atoms with Gasteiger partial charge in [-0.1, -0.05) is 0 Å². The second kappa shape index (κ2) is 5.21. The highest BCUT2D eigenvalue weighted by molar-refractivity contribution is 5.86. The van der Waals surface area contributed by atoms with Crippen molar-refractivity contribution in [2.45, 2.75) is 30.5 Å². The van der Waals surface area contributed by atoms with E-state index in [2.05, 4.69) is 0 Å². The van der Waals surface area contributed by atoms with Gasteiger partial charge in [0.1, 0.15) is 12.2 Å². The van der Waals surface area contributed by atoms with E-state index in [1.165, 1.54) is 4.90 Å². The van der Waals surface area contributed by atoms with E-state index in [1.807, 2.05) is 0 Å². The van der Waals surface area contributed by atoms with Crippen molar-refractivity contribution in [2.75, 3.05) is 46.5 Å². The van der Waals surface area contributed by atoms with Crippen molar-refractivity contribution < 1.29 is 23.5 Å². The fourth-order valence-electron chi connectivity index (χ4n) is 3.14. The van der Waals surface area contributed by atoms with Gasteiger partial charge in [-0.15, -0.1) is 0 Å². The van der Waals surface area contributed by atoms with Crippen LogP contribution in [0, 0.1) is 0 Å². The lowest BCUT2D eigenvalue weighted by atomic mass is 9.80. The van der Waals surface area contributed by atoms with Gasteiger partial charge in [0.05, 0.1) is 26.3 Å². The number of carbonyl (C=O) groups excluding carboxylic acids is 2. The normalized spacial score (nSPS) is 32.8. The SMILES string of the molecule is CN1CC2(COCCN(C(=O)C3(F)CCC3)C2)OCC1=O. The molecule has 2 saturated heterocycles. The van der Waals surface area contributed by atoms with Crippen molar-refractivity contribution in [2.24, 2.45) is 0 Å². The molecule has 1 aliphatic carbocycles. The Bertz CT molecular complexity index is 454. The number of rotatable bonds is 1. The summed E-state index contributed by atoms with van der Waals surface area (Å²) in [4.78, 5) is 27.0. The molecule has 1 spiro atoms. The highest BCUT2D eigenvalue weighted by Gasteiger charge is 2.50. The molecule has 2 aliphatic heterocycles. The van der Waals surface area contributed by atoms with Crippen LogP contribution >= 0.6 is 0 Å². The molecular weight excluding hydrogens is 279 g/mol. The zero-order chi connectivity index (χ0) is 15.1. The Hall–Kier alpha value is -1.21. The molecule has 7 heteroatoms. The molecule has 0 aromatic carbocycles. The minimum Gasteiger partial charge on any atom is -0.376 e. The number of ether oxygens (including phenoxy) is 2. The number of hydrogen-bond acceptors (Lipinski definition) is 4. The Morgan fingerprint density at radius 2 is 2.10 bits per heavy atom. The quantitative estimate of drug-likeness (QED) is 0.682. The van der Waals surface area contributed by atoms with Crippen LogP contribution in [-0.2, 0) is 19.1 Å². The molecule has 1 unspecified atom stereocenters. The van der Waals surface area contributed by atoms with Crippen LogP contribution in [0.15, 0.2) is 0 Å². The first-order chi connectivity index (χ1) is 9.94. The van der Waals surface area contributed by atoms with Gasteiger partial charge in [-0.05, 0) is 19.3 Å². The molecule has 0 aromatic heterocycles. The van der Waals surface area contributed by atoms with E-state index in [0.29, 0.717) is 39.1 Å². The Balaban J connectivity index is 1.74. The van der Waals surface area contributed by atoms with Crippen molar-refractivity contribution in [3.05, 3.63) is 0 Å². The summed E-state index contributed by atoms with van der Waals surface area (Å²) in [5.41, 5.74) is -2.45. The fourth-order valence-corrected chi connectivity index (χ4v) is 3.14. The Labute approximate surface area is 123 Å². The number of carbonyl (C=O) groups is 2. The van der Waals surface area contributed by atoms with Gasteiger partial charge in [0.2, 0.25) is 5.91 Å². The Kier molecular flexibility index (Phi) is 3.65. The van der Waals surface area contributed by atoms with Crippen LogP contribution < -0.4 is 0 Å². The van der Waals surface area contributed by atoms with Gasteiger partial charge < -0.3 is 19.3 Å². The van der Waals surface area contributed by atoms with E-state index >= 15 is 0 Å². The summed E-state index contributed by atoms with van der Waals surface area (Å²) < 4.78 is 25.6. The number of likely N-dealkylation sites (N-methyl/N-ethyl adjacent to an activating group) is 1. The van der Waals surface area contributed by atoms with E-state index in [9.17, 15) is 14.0 Å². The summed E-state index contributed by atoms with van der Waals surface area (Å²) in [7, 11) is 1.70. The minimum absolute atomic E-state index is 0.0251. The lowest BCUT2D eigenvalue weighted by molar-refractivity contribution is -0.174. The maximum atomic E-state index is 14.4. The van der Waals surface area contributed by atoms with Crippen molar-refractivity contribution in [1.29, 1.82) is 0 Å². The molecule has 0 radical (unpaired) electrons. The molecule has 21 heavy (non-hydrogen) atoms. The lowest BCUT2D eigenvalue weighted by Gasteiger charge is -2.43. The summed E-state index contributed by atoms with van der Waals surface area (Å²) in [5.74, 6) is -0.550. The van der Waals surface area contributed by atoms with Crippen molar-refractivity contribution in [3.63, 3.8) is 0 Å². The van der Waals surface area contributed by atoms with Gasteiger partial charge in [0.15, 0.2) is 5.67 Å². The highest BCUT2D eigenvalue weighted by atomic mass is 19.1. The second-order valence-electron chi connectivity index (χ2n) is 6.32. The first kappa shape index (κ1) is 14.7. The summed E-state index contributed by atoms with van der Waals surface area (Å²) in [6, 6.07) is 0. The summed E-state index contributed by atoms with van der Waals surface area (Å²) >= 11 is 0. The minimum atomic E-state index is -1.71. The van der Waals surface area contributed by atoms with Crippen LogP contribution in [-0.4, -0.2) is 79.4 Å². The monoisotopic (exact) mass is 300 g/mol. The predicted molar refractivity (Wildman–Crippen MR) is 71.4 cm³/mol. The third-order valence-electron chi connectivity index (χ3n) is 4.62. The van der Waals surface area contributed by atoms with E-state index < -0.39 is 17.2 Å². The molecule has 1 saturated carbocycles. The van der Waals surface area contributed by atoms with E-state index in [4.69, 9.17) is 9.47 Å². The van der Waals surface area contributed by atoms with Crippen molar-refractivity contribution in [3.8, 4) is 0 Å². The molecule has 0 aromatic rings. The third kappa shape index (κ3) is 2.64. The maximum Gasteiger partial charge on any atom is 0.260 e. The smallest absolute Gasteiger partial charge is 0.260 e. The zero-order valence-corrected chi connectivity index (χ0v) is 12.3. The number of amides is 2. The third-order valence-corrected chi connectivity index (χ3v) is 4.62. The molecule has 118 valence electrons. The van der Waals surface area contributed by atoms with Gasteiger partial charge in [0.25, 0.3) is 5.91 Å². The number of nitrogens with zero attached hydrogens (tertiary/aromatic N) is 2. The van der Waals surface area contributed by atoms with Crippen LogP contribution in [0.2, 0.25) is 0 Å². The maximum absolute atomic E-state index is 14.4. The van der Waals surface area contributed by atoms with E-state index in [-0.39, 0.29) is 19.1 Å². The first-order valence-electron chi connectivity index (χ1n) is 7.38. The molecule has 3 fully saturated rings. The number of halogens is 1. The Morgan fingerprint density at radius 1 is 1.33 bits per heavy atom. The lowest BCUT2D eigenvalue weighted by Crippen LogP contribution is -2.62. The molecule has 2 heterocycles. The number of alkyl halides is 1. The molecule has 0 N–H and O–H groups in total. The average molecular weight is 300 g/mol. The van der Waals surface area contributed by atoms with Crippen LogP contribution in [0.3, 0.4) is 0 Å². The highest BCUT2D eigenvalue weighted by Crippen LogP contribution is 2.38. The van der Waals surface area contributed by atoms with Crippen molar-refractivity contribution >= 4 is 11.8 Å². The largest absolute Gasteiger partial charge is 0.376 e. The molecule has 3 rings (SSSR count). The average Bonchev–Trinajstić information content (AvgIpc) is 2.63. The molecule has 6 nitrogen and oxygen atoms in total. The Morgan fingerprint density at radius 3 is 2.71 bits per heavy atom. The molecule has 1 atom stereocenters. The van der Waals surface area contributed by atoms with Crippen molar-refractivity contribution in [1.82, 2.24) is 9.80 Å². The van der Waals surface area contributed by atoms with Crippen LogP contribution in [0.5, 0.6) is 0 Å². The number of morpholine rings is 1. The zero-order valence-electron chi connectivity index (χ0n) is 12.3. The topological polar surface area (TPSA) is 59.1 Å². The standard InChI is InChI=1S/C14H21FN2O4/c1-16-8-13(21-7-11(16)18)9-17(5-6-20-10-13)12(19)14(15)3-2-4-14/h2-10H2,1H3. The van der Waals surface area contributed by atoms with Crippen LogP contribution in [0.1, 0.15) is 19.3 Å². The van der Waals surface area contributed by atoms with Gasteiger partial charge in [0, 0.05) is 13.6 Å². The first-order valence-corrected chi connectivity index (χ1v) is 7.38. The predicted octanol–water partition coefficient (Wildman–Crippen LogP) is -0.0352. The molecule has 3 aliphatic rings. The molecule has 0 bridgehead atoms. The summed E-state index contributed by atoms with van der Waals surface area (Å²) in [5, 5.41) is 0. The molecule has 2 amide bonds. The van der Waals surface area contributed by atoms with E-state index in [1.54, 1.807) is 11.9 Å². The summed E-state index contributed by atoms with van der Waals surface area (Å²) in [6.07, 6.45) is 1.36. The second-order valence-corrected chi connectivity index (χ2v) is 6.32. The van der Waals surface area contributed by atoms with E-state index in [0.717, 1.165) is 6.42 Å². The van der Waals surface area contributed by atoms with Crippen LogP contribution in [0.25, 0.3) is 0 Å². The number of hydrogen-bond donors (Lipinski definition) is 0. The van der Waals surface area contributed by atoms with Gasteiger partial charge in [-0.25, -0.2) is 4.39 Å². The van der Waals surface area contributed by atoms with Crippen LogP contribution in [0.4, 0.5) is 4.39 Å².